The summed E-state index contributed by atoms with van der Waals surface area (Å²) in [6, 6.07) is 19.6. The van der Waals surface area contributed by atoms with Crippen LogP contribution in [0.25, 0.3) is 0 Å². The van der Waals surface area contributed by atoms with Gasteiger partial charge in [-0.05, 0) is 36.3 Å². The molecule has 28 heavy (non-hydrogen) atoms. The third kappa shape index (κ3) is 5.44. The van der Waals surface area contributed by atoms with Gasteiger partial charge in [-0.1, -0.05) is 67.6 Å². The summed E-state index contributed by atoms with van der Waals surface area (Å²) in [5, 5.41) is 3.05. The van der Waals surface area contributed by atoms with Crippen molar-refractivity contribution in [1.82, 2.24) is 10.2 Å². The molecule has 2 amide bonds. The zero-order chi connectivity index (χ0) is 19.8. The molecule has 148 valence electrons. The molecule has 0 saturated carbocycles. The number of benzene rings is 2. The summed E-state index contributed by atoms with van der Waals surface area (Å²) in [6.07, 6.45) is 3.91. The van der Waals surface area contributed by atoms with Crippen molar-refractivity contribution in [2.45, 2.75) is 51.0 Å². The molecule has 3 rings (SSSR count). The van der Waals surface area contributed by atoms with E-state index in [0.717, 1.165) is 37.9 Å². The molecule has 0 spiro atoms. The van der Waals surface area contributed by atoms with Crippen LogP contribution in [0.1, 0.15) is 49.7 Å². The van der Waals surface area contributed by atoms with Gasteiger partial charge >= 0.3 is 0 Å². The minimum atomic E-state index is -0.499. The quantitative estimate of drug-likeness (QED) is 0.757. The Morgan fingerprint density at radius 1 is 0.964 bits per heavy atom. The number of nitrogens with zero attached hydrogens (tertiary/aromatic N) is 1. The average Bonchev–Trinajstić information content (AvgIpc) is 3.27. The van der Waals surface area contributed by atoms with E-state index in [1.165, 1.54) is 5.56 Å². The zero-order valence-electron chi connectivity index (χ0n) is 16.6. The van der Waals surface area contributed by atoms with E-state index in [2.05, 4.69) is 24.4 Å². The van der Waals surface area contributed by atoms with Gasteiger partial charge < -0.3 is 10.2 Å². The zero-order valence-corrected chi connectivity index (χ0v) is 16.6. The van der Waals surface area contributed by atoms with Gasteiger partial charge in [0, 0.05) is 25.9 Å². The average molecular weight is 379 g/mol. The van der Waals surface area contributed by atoms with E-state index < -0.39 is 6.04 Å². The van der Waals surface area contributed by atoms with E-state index >= 15 is 0 Å². The highest BCUT2D eigenvalue weighted by atomic mass is 16.2. The van der Waals surface area contributed by atoms with Crippen LogP contribution in [0.4, 0.5) is 0 Å². The molecule has 4 nitrogen and oxygen atoms in total. The van der Waals surface area contributed by atoms with Gasteiger partial charge in [0.25, 0.3) is 0 Å². The van der Waals surface area contributed by atoms with Crippen LogP contribution in [0.2, 0.25) is 0 Å². The van der Waals surface area contributed by atoms with Crippen LogP contribution >= 0.6 is 0 Å². The molecular formula is C24H30N2O2. The molecule has 2 aromatic rings. The first-order chi connectivity index (χ1) is 13.7. The number of nitrogens with one attached hydrogen (secondary N) is 1. The molecule has 1 fully saturated rings. The Labute approximate surface area is 167 Å². The Kier molecular flexibility index (Phi) is 7.24. The normalized spacial score (nSPS) is 15.8. The lowest BCUT2D eigenvalue weighted by atomic mass is 9.92. The van der Waals surface area contributed by atoms with E-state index in [1.807, 2.05) is 53.4 Å². The van der Waals surface area contributed by atoms with Crippen LogP contribution in [-0.2, 0) is 16.0 Å². The standard InChI is InChI=1S/C24H30N2O2/c1-2-20(21-13-7-4-8-14-21)18-23(27)25-22(17-19-11-5-3-6-12-19)24(28)26-15-9-10-16-26/h3-8,11-14,20,22H,2,9-10,15-18H2,1H3,(H,25,27). The van der Waals surface area contributed by atoms with Crippen molar-refractivity contribution < 1.29 is 9.59 Å². The van der Waals surface area contributed by atoms with Crippen molar-refractivity contribution in [3.8, 4) is 0 Å². The summed E-state index contributed by atoms with van der Waals surface area (Å²) in [6.45, 7) is 3.69. The lowest BCUT2D eigenvalue weighted by Gasteiger charge is -2.25. The first-order valence-corrected chi connectivity index (χ1v) is 10.3. The van der Waals surface area contributed by atoms with E-state index in [1.54, 1.807) is 0 Å². The number of carbonyl (C=O) groups is 2. The molecule has 2 unspecified atom stereocenters. The highest BCUT2D eigenvalue weighted by Crippen LogP contribution is 2.23. The predicted octanol–water partition coefficient (Wildman–Crippen LogP) is 3.92. The summed E-state index contributed by atoms with van der Waals surface area (Å²) in [7, 11) is 0. The molecule has 1 heterocycles. The Hall–Kier alpha value is -2.62. The SMILES string of the molecule is CCC(CC(=O)NC(Cc1ccccc1)C(=O)N1CCCC1)c1ccccc1. The molecule has 0 aromatic heterocycles. The van der Waals surface area contributed by atoms with Gasteiger partial charge in [0.05, 0.1) is 0 Å². The van der Waals surface area contributed by atoms with Crippen molar-refractivity contribution >= 4 is 11.8 Å². The molecule has 0 radical (unpaired) electrons. The number of rotatable bonds is 8. The van der Waals surface area contributed by atoms with Crippen molar-refractivity contribution in [1.29, 1.82) is 0 Å². The van der Waals surface area contributed by atoms with Crippen LogP contribution in [-0.4, -0.2) is 35.8 Å². The summed E-state index contributed by atoms with van der Waals surface area (Å²) in [5.41, 5.74) is 2.24. The summed E-state index contributed by atoms with van der Waals surface area (Å²) in [5.74, 6) is 0.159. The summed E-state index contributed by atoms with van der Waals surface area (Å²) < 4.78 is 0. The first-order valence-electron chi connectivity index (χ1n) is 10.3. The fourth-order valence-electron chi connectivity index (χ4n) is 3.91. The van der Waals surface area contributed by atoms with Crippen molar-refractivity contribution in [2.24, 2.45) is 0 Å². The minimum Gasteiger partial charge on any atom is -0.344 e. The second kappa shape index (κ2) is 10.1. The van der Waals surface area contributed by atoms with Crippen LogP contribution in [0, 0.1) is 0 Å². The molecular weight excluding hydrogens is 348 g/mol. The topological polar surface area (TPSA) is 49.4 Å². The Morgan fingerprint density at radius 3 is 2.18 bits per heavy atom. The molecule has 4 heteroatoms. The molecule has 2 aromatic carbocycles. The second-order valence-corrected chi connectivity index (χ2v) is 7.56. The smallest absolute Gasteiger partial charge is 0.245 e. The fourth-order valence-corrected chi connectivity index (χ4v) is 3.91. The molecule has 1 N–H and O–H groups in total. The summed E-state index contributed by atoms with van der Waals surface area (Å²) >= 11 is 0. The molecule has 0 aliphatic carbocycles. The monoisotopic (exact) mass is 378 g/mol. The highest BCUT2D eigenvalue weighted by molar-refractivity contribution is 5.88. The van der Waals surface area contributed by atoms with E-state index in [-0.39, 0.29) is 17.7 Å². The number of likely N-dealkylation sites (tertiary alicyclic amines) is 1. The van der Waals surface area contributed by atoms with Crippen molar-refractivity contribution in [3.63, 3.8) is 0 Å². The first kappa shape index (κ1) is 20.1. The van der Waals surface area contributed by atoms with E-state index in [0.29, 0.717) is 12.8 Å². The van der Waals surface area contributed by atoms with E-state index in [4.69, 9.17) is 0 Å². The van der Waals surface area contributed by atoms with Crippen LogP contribution in [0.3, 0.4) is 0 Å². The van der Waals surface area contributed by atoms with Gasteiger partial charge in [-0.2, -0.15) is 0 Å². The third-order valence-corrected chi connectivity index (χ3v) is 5.53. The number of hydrogen-bond acceptors (Lipinski definition) is 2. The molecule has 0 bridgehead atoms. The number of carbonyl (C=O) groups excluding carboxylic acids is 2. The minimum absolute atomic E-state index is 0.0439. The third-order valence-electron chi connectivity index (χ3n) is 5.53. The van der Waals surface area contributed by atoms with Crippen LogP contribution in [0.15, 0.2) is 60.7 Å². The molecule has 1 saturated heterocycles. The maximum Gasteiger partial charge on any atom is 0.245 e. The van der Waals surface area contributed by atoms with Gasteiger partial charge in [0.15, 0.2) is 0 Å². The Balaban J connectivity index is 1.68. The number of hydrogen-bond donors (Lipinski definition) is 1. The largest absolute Gasteiger partial charge is 0.344 e. The van der Waals surface area contributed by atoms with Crippen molar-refractivity contribution in [3.05, 3.63) is 71.8 Å². The van der Waals surface area contributed by atoms with Crippen LogP contribution < -0.4 is 5.32 Å². The van der Waals surface area contributed by atoms with E-state index in [9.17, 15) is 9.59 Å². The van der Waals surface area contributed by atoms with Gasteiger partial charge in [0.2, 0.25) is 11.8 Å². The molecule has 1 aliphatic rings. The fraction of sp³-hybridized carbons (Fsp3) is 0.417. The maximum atomic E-state index is 13.0. The van der Waals surface area contributed by atoms with Gasteiger partial charge in [-0.3, -0.25) is 9.59 Å². The molecule has 2 atom stereocenters. The molecule has 1 aliphatic heterocycles. The summed E-state index contributed by atoms with van der Waals surface area (Å²) in [4.78, 5) is 27.7. The van der Waals surface area contributed by atoms with Gasteiger partial charge in [0.1, 0.15) is 6.04 Å². The maximum absolute atomic E-state index is 13.0. The van der Waals surface area contributed by atoms with Gasteiger partial charge in [-0.25, -0.2) is 0 Å². The highest BCUT2D eigenvalue weighted by Gasteiger charge is 2.28. The lowest BCUT2D eigenvalue weighted by Crippen LogP contribution is -2.49. The number of amides is 2. The van der Waals surface area contributed by atoms with Gasteiger partial charge in [-0.15, -0.1) is 0 Å². The lowest BCUT2D eigenvalue weighted by molar-refractivity contribution is -0.135. The second-order valence-electron chi connectivity index (χ2n) is 7.56. The predicted molar refractivity (Wildman–Crippen MR) is 112 cm³/mol. The Morgan fingerprint density at radius 2 is 1.57 bits per heavy atom. The Bertz CT molecular complexity index is 755. The van der Waals surface area contributed by atoms with Crippen molar-refractivity contribution in [2.75, 3.05) is 13.1 Å². The van der Waals surface area contributed by atoms with Crippen LogP contribution in [0.5, 0.6) is 0 Å².